The summed E-state index contributed by atoms with van der Waals surface area (Å²) in [5, 5.41) is 7.56. The molecule has 1 N–H and O–H groups in total. The second kappa shape index (κ2) is 7.97. The first-order valence-electron chi connectivity index (χ1n) is 9.65. The molecule has 1 aromatic heterocycles. The van der Waals surface area contributed by atoms with Gasteiger partial charge in [0.2, 0.25) is 0 Å². The molecular formula is C20H25N5O2S. The van der Waals surface area contributed by atoms with Crippen LogP contribution in [0.3, 0.4) is 0 Å². The van der Waals surface area contributed by atoms with Gasteiger partial charge in [-0.25, -0.2) is 4.68 Å². The minimum absolute atomic E-state index is 0.466. The number of carbonyl (C=O) groups is 2. The molecule has 0 bridgehead atoms. The van der Waals surface area contributed by atoms with Crippen molar-refractivity contribution in [3.05, 3.63) is 41.1 Å². The van der Waals surface area contributed by atoms with Crippen LogP contribution in [0, 0.1) is 6.92 Å². The zero-order valence-electron chi connectivity index (χ0n) is 16.3. The molecular weight excluding hydrogens is 374 g/mol. The first kappa shape index (κ1) is 19.0. The summed E-state index contributed by atoms with van der Waals surface area (Å²) in [5.74, 6) is 1.18. The molecule has 2 aromatic rings. The van der Waals surface area contributed by atoms with E-state index in [0.29, 0.717) is 18.9 Å². The molecule has 2 aliphatic heterocycles. The molecule has 0 radical (unpaired) electrons. The molecule has 0 unspecified atom stereocenters. The van der Waals surface area contributed by atoms with E-state index in [1.165, 1.54) is 0 Å². The van der Waals surface area contributed by atoms with Gasteiger partial charge in [-0.1, -0.05) is 24.6 Å². The van der Waals surface area contributed by atoms with Crippen LogP contribution in [0.4, 0.5) is 5.82 Å². The number of hydrogen-bond acceptors (Lipinski definition) is 5. The Kier molecular flexibility index (Phi) is 5.41. The summed E-state index contributed by atoms with van der Waals surface area (Å²) in [6.45, 7) is 7.90. The Labute approximate surface area is 169 Å². The molecule has 1 saturated heterocycles. The zero-order chi connectivity index (χ0) is 19.7. The number of thioether (sulfide) groups is 1. The van der Waals surface area contributed by atoms with E-state index in [4.69, 9.17) is 0 Å². The zero-order valence-corrected chi connectivity index (χ0v) is 17.1. The number of aryl methyl sites for hydroxylation is 1. The van der Waals surface area contributed by atoms with E-state index in [1.807, 2.05) is 31.2 Å². The predicted octanol–water partition coefficient (Wildman–Crippen LogP) is 2.03. The molecule has 0 saturated carbocycles. The molecule has 0 atom stereocenters. The van der Waals surface area contributed by atoms with Crippen LogP contribution in [-0.4, -0.2) is 64.1 Å². The van der Waals surface area contributed by atoms with Crippen LogP contribution in [0.15, 0.2) is 24.3 Å². The van der Waals surface area contributed by atoms with Crippen LogP contribution in [0.25, 0.3) is 5.69 Å². The number of fused-ring (bicyclic) bond motifs is 1. The van der Waals surface area contributed by atoms with Crippen molar-refractivity contribution in [3.8, 4) is 5.69 Å². The van der Waals surface area contributed by atoms with Crippen LogP contribution in [-0.2, 0) is 21.1 Å². The fourth-order valence-electron chi connectivity index (χ4n) is 3.59. The number of amides is 2. The molecule has 2 aliphatic rings. The third-order valence-electron chi connectivity index (χ3n) is 5.36. The normalized spacial score (nSPS) is 16.9. The first-order valence-corrected chi connectivity index (χ1v) is 10.8. The Balaban J connectivity index is 1.55. The number of benzene rings is 1. The fourth-order valence-corrected chi connectivity index (χ4v) is 4.62. The van der Waals surface area contributed by atoms with Crippen molar-refractivity contribution in [2.24, 2.45) is 0 Å². The van der Waals surface area contributed by atoms with Gasteiger partial charge < -0.3 is 15.1 Å². The Morgan fingerprint density at radius 3 is 2.50 bits per heavy atom. The Morgan fingerprint density at radius 1 is 1.11 bits per heavy atom. The first-order chi connectivity index (χ1) is 13.6. The molecule has 4 rings (SSSR count). The van der Waals surface area contributed by atoms with Crippen LogP contribution < -0.4 is 5.32 Å². The quantitative estimate of drug-likeness (QED) is 0.800. The largest absolute Gasteiger partial charge is 0.332 e. The van der Waals surface area contributed by atoms with Crippen LogP contribution in [0.1, 0.15) is 23.7 Å². The van der Waals surface area contributed by atoms with Gasteiger partial charge in [-0.3, -0.25) is 9.59 Å². The van der Waals surface area contributed by atoms with Gasteiger partial charge in [0, 0.05) is 43.2 Å². The van der Waals surface area contributed by atoms with E-state index in [-0.39, 0.29) is 0 Å². The van der Waals surface area contributed by atoms with E-state index in [9.17, 15) is 9.59 Å². The van der Waals surface area contributed by atoms with Gasteiger partial charge in [0.15, 0.2) is 0 Å². The van der Waals surface area contributed by atoms with Gasteiger partial charge >= 0.3 is 11.8 Å². The van der Waals surface area contributed by atoms with Gasteiger partial charge in [-0.15, -0.1) is 0 Å². The molecule has 3 heterocycles. The molecule has 1 fully saturated rings. The van der Waals surface area contributed by atoms with Crippen LogP contribution >= 0.6 is 11.8 Å². The maximum absolute atomic E-state index is 12.7. The average Bonchev–Trinajstić information content (AvgIpc) is 3.31. The van der Waals surface area contributed by atoms with E-state index in [2.05, 4.69) is 22.2 Å². The van der Waals surface area contributed by atoms with Crippen molar-refractivity contribution in [2.75, 3.05) is 38.0 Å². The lowest BCUT2D eigenvalue weighted by molar-refractivity contribution is -0.144. The van der Waals surface area contributed by atoms with Gasteiger partial charge in [0.05, 0.1) is 11.4 Å². The molecule has 8 heteroatoms. The minimum Gasteiger partial charge on any atom is -0.332 e. The van der Waals surface area contributed by atoms with E-state index in [1.54, 1.807) is 21.3 Å². The highest BCUT2D eigenvalue weighted by Crippen LogP contribution is 2.36. The summed E-state index contributed by atoms with van der Waals surface area (Å²) in [4.78, 5) is 29.3. The van der Waals surface area contributed by atoms with Crippen LogP contribution in [0.2, 0.25) is 0 Å². The van der Waals surface area contributed by atoms with Gasteiger partial charge in [-0.2, -0.15) is 16.9 Å². The van der Waals surface area contributed by atoms with Gasteiger partial charge in [0.25, 0.3) is 0 Å². The number of anilines is 1. The fraction of sp³-hybridized carbons (Fsp3) is 0.450. The Bertz CT molecular complexity index is 885. The lowest BCUT2D eigenvalue weighted by Crippen LogP contribution is -2.51. The smallest absolute Gasteiger partial charge is 0.315 e. The lowest BCUT2D eigenvalue weighted by atomic mass is 10.2. The number of rotatable bonds is 3. The lowest BCUT2D eigenvalue weighted by Gasteiger charge is -2.33. The highest BCUT2D eigenvalue weighted by Gasteiger charge is 2.29. The number of piperazine rings is 1. The Hall–Kier alpha value is -2.32. The van der Waals surface area contributed by atoms with Crippen molar-refractivity contribution < 1.29 is 9.59 Å². The molecule has 0 aliphatic carbocycles. The van der Waals surface area contributed by atoms with Crippen molar-refractivity contribution in [1.82, 2.24) is 19.6 Å². The molecule has 148 valence electrons. The van der Waals surface area contributed by atoms with Crippen LogP contribution in [0.5, 0.6) is 0 Å². The van der Waals surface area contributed by atoms with Gasteiger partial charge in [0.1, 0.15) is 5.82 Å². The number of carbonyl (C=O) groups excluding carboxylic acids is 2. The third kappa shape index (κ3) is 3.66. The van der Waals surface area contributed by atoms with Crippen molar-refractivity contribution in [1.29, 1.82) is 0 Å². The molecule has 1 aromatic carbocycles. The second-order valence-corrected chi connectivity index (χ2v) is 8.18. The van der Waals surface area contributed by atoms with E-state index in [0.717, 1.165) is 53.6 Å². The third-order valence-corrected chi connectivity index (χ3v) is 6.33. The summed E-state index contributed by atoms with van der Waals surface area (Å²) in [7, 11) is 0. The summed E-state index contributed by atoms with van der Waals surface area (Å²) in [6.07, 6.45) is 0. The summed E-state index contributed by atoms with van der Waals surface area (Å²) < 4.78 is 1.75. The molecule has 7 nitrogen and oxygen atoms in total. The standard InChI is InChI=1S/C20H25N5O2S/c1-3-23-8-10-24(11-9-23)20(27)19(26)21-18-16-12-28-13-17(16)22-25(18)15-6-4-14(2)5-7-15/h4-7H,3,8-13H2,1-2H3,(H,21,26). The number of likely N-dealkylation sites (N-methyl/N-ethyl adjacent to an activating group) is 1. The summed E-state index contributed by atoms with van der Waals surface area (Å²) in [5.41, 5.74) is 4.03. The van der Waals surface area contributed by atoms with Crippen molar-refractivity contribution in [3.63, 3.8) is 0 Å². The van der Waals surface area contributed by atoms with Crippen molar-refractivity contribution >= 4 is 29.4 Å². The van der Waals surface area contributed by atoms with E-state index >= 15 is 0 Å². The number of nitrogens with zero attached hydrogens (tertiary/aromatic N) is 4. The SMILES string of the molecule is CCN1CCN(C(=O)C(=O)Nc2c3c(nn2-c2ccc(C)cc2)CSC3)CC1. The minimum atomic E-state index is -0.585. The van der Waals surface area contributed by atoms with Gasteiger partial charge in [-0.05, 0) is 25.6 Å². The van der Waals surface area contributed by atoms with E-state index < -0.39 is 11.8 Å². The topological polar surface area (TPSA) is 70.5 Å². The highest BCUT2D eigenvalue weighted by molar-refractivity contribution is 7.98. The summed E-state index contributed by atoms with van der Waals surface area (Å²) >= 11 is 1.77. The molecule has 2 amide bonds. The maximum Gasteiger partial charge on any atom is 0.315 e. The molecule has 0 spiro atoms. The maximum atomic E-state index is 12.7. The monoisotopic (exact) mass is 399 g/mol. The van der Waals surface area contributed by atoms with Crippen molar-refractivity contribution in [2.45, 2.75) is 25.4 Å². The average molecular weight is 400 g/mol. The summed E-state index contributed by atoms with van der Waals surface area (Å²) in [6, 6.07) is 7.99. The second-order valence-electron chi connectivity index (χ2n) is 7.19. The number of aromatic nitrogens is 2. The molecule has 28 heavy (non-hydrogen) atoms. The number of hydrogen-bond donors (Lipinski definition) is 1. The number of nitrogens with one attached hydrogen (secondary N) is 1. The highest BCUT2D eigenvalue weighted by atomic mass is 32.2. The Morgan fingerprint density at radius 2 is 1.82 bits per heavy atom. The predicted molar refractivity (Wildman–Crippen MR) is 111 cm³/mol.